The Morgan fingerprint density at radius 1 is 1.12 bits per heavy atom. The number of hydrogen-bond donors (Lipinski definition) is 1. The Morgan fingerprint density at radius 3 is 2.29 bits per heavy atom. The van der Waals surface area contributed by atoms with Crippen molar-refractivity contribution in [3.05, 3.63) is 24.3 Å². The molecule has 0 amide bonds. The number of benzene rings is 1. The molecule has 1 aromatic rings. The molecule has 1 aliphatic rings. The van der Waals surface area contributed by atoms with Gasteiger partial charge in [-0.05, 0) is 56.2 Å². The van der Waals surface area contributed by atoms with Gasteiger partial charge in [-0.3, -0.25) is 0 Å². The predicted molar refractivity (Wildman–Crippen MR) is 74.9 cm³/mol. The van der Waals surface area contributed by atoms with Gasteiger partial charge in [0.1, 0.15) is 0 Å². The molecule has 1 fully saturated rings. The highest BCUT2D eigenvalue weighted by molar-refractivity contribution is 7.98. The number of methoxy groups -OCH3 is 1. The van der Waals surface area contributed by atoms with E-state index in [9.17, 15) is 0 Å². The van der Waals surface area contributed by atoms with Crippen LogP contribution in [0.2, 0.25) is 0 Å². The fourth-order valence-corrected chi connectivity index (χ4v) is 2.77. The molecule has 2 nitrogen and oxygen atoms in total. The summed E-state index contributed by atoms with van der Waals surface area (Å²) in [6.45, 7) is 0. The number of ether oxygens (including phenoxy) is 1. The van der Waals surface area contributed by atoms with Gasteiger partial charge in [-0.25, -0.2) is 0 Å². The number of hydrogen-bond acceptors (Lipinski definition) is 3. The Balaban J connectivity index is 1.84. The Labute approximate surface area is 108 Å². The van der Waals surface area contributed by atoms with Gasteiger partial charge in [0.25, 0.3) is 0 Å². The van der Waals surface area contributed by atoms with Gasteiger partial charge in [-0.15, -0.1) is 11.8 Å². The van der Waals surface area contributed by atoms with Crippen molar-refractivity contribution < 1.29 is 4.74 Å². The van der Waals surface area contributed by atoms with Gasteiger partial charge < -0.3 is 10.1 Å². The summed E-state index contributed by atoms with van der Waals surface area (Å²) >= 11 is 1.78. The minimum atomic E-state index is 0.479. The molecule has 0 radical (unpaired) electrons. The molecular formula is C14H21NOS. The van der Waals surface area contributed by atoms with Crippen LogP contribution in [-0.4, -0.2) is 25.5 Å². The predicted octanol–water partition coefficient (Wildman–Crippen LogP) is 3.78. The fourth-order valence-electron chi connectivity index (χ4n) is 2.37. The van der Waals surface area contributed by atoms with Crippen LogP contribution in [0.1, 0.15) is 25.7 Å². The minimum Gasteiger partial charge on any atom is -0.382 e. The SMILES string of the molecule is COC1CCC(Nc2ccc(SC)cc2)CC1. The molecule has 0 spiro atoms. The number of nitrogens with one attached hydrogen (secondary N) is 1. The van der Waals surface area contributed by atoms with E-state index < -0.39 is 0 Å². The van der Waals surface area contributed by atoms with Gasteiger partial charge in [0.2, 0.25) is 0 Å². The lowest BCUT2D eigenvalue weighted by Gasteiger charge is -2.28. The highest BCUT2D eigenvalue weighted by Crippen LogP contribution is 2.24. The van der Waals surface area contributed by atoms with Crippen LogP contribution in [0.4, 0.5) is 5.69 Å². The van der Waals surface area contributed by atoms with Crippen molar-refractivity contribution in [1.82, 2.24) is 0 Å². The van der Waals surface area contributed by atoms with Gasteiger partial charge in [0.05, 0.1) is 6.10 Å². The van der Waals surface area contributed by atoms with E-state index in [2.05, 4.69) is 35.8 Å². The van der Waals surface area contributed by atoms with Crippen LogP contribution in [0.25, 0.3) is 0 Å². The summed E-state index contributed by atoms with van der Waals surface area (Å²) in [6, 6.07) is 9.31. The molecule has 1 N–H and O–H groups in total. The maximum atomic E-state index is 5.39. The van der Waals surface area contributed by atoms with Gasteiger partial charge >= 0.3 is 0 Å². The van der Waals surface area contributed by atoms with Crippen molar-refractivity contribution in [1.29, 1.82) is 0 Å². The second-order valence-corrected chi connectivity index (χ2v) is 5.46. The first-order valence-corrected chi connectivity index (χ1v) is 7.47. The molecule has 0 aromatic heterocycles. The molecule has 0 heterocycles. The Morgan fingerprint density at radius 2 is 1.76 bits per heavy atom. The molecule has 0 aliphatic heterocycles. The molecule has 0 atom stereocenters. The van der Waals surface area contributed by atoms with Crippen molar-refractivity contribution in [3.63, 3.8) is 0 Å². The third-order valence-electron chi connectivity index (χ3n) is 3.47. The van der Waals surface area contributed by atoms with Gasteiger partial charge in [-0.2, -0.15) is 0 Å². The topological polar surface area (TPSA) is 21.3 Å². The quantitative estimate of drug-likeness (QED) is 0.823. The van der Waals surface area contributed by atoms with Crippen LogP contribution >= 0.6 is 11.8 Å². The van der Waals surface area contributed by atoms with E-state index in [-0.39, 0.29) is 0 Å². The Bertz CT molecular complexity index is 331. The number of anilines is 1. The van der Waals surface area contributed by atoms with Gasteiger partial charge in [0, 0.05) is 23.7 Å². The van der Waals surface area contributed by atoms with Crippen molar-refractivity contribution in [2.75, 3.05) is 18.7 Å². The first-order chi connectivity index (χ1) is 8.31. The van der Waals surface area contributed by atoms with Crippen LogP contribution in [0.15, 0.2) is 29.2 Å². The fraction of sp³-hybridized carbons (Fsp3) is 0.571. The summed E-state index contributed by atoms with van der Waals surface area (Å²) in [4.78, 5) is 1.32. The average Bonchev–Trinajstić information content (AvgIpc) is 2.40. The summed E-state index contributed by atoms with van der Waals surface area (Å²) in [5, 5.41) is 3.61. The number of rotatable bonds is 4. The van der Waals surface area contributed by atoms with E-state index in [1.54, 1.807) is 11.8 Å². The zero-order valence-corrected chi connectivity index (χ0v) is 11.4. The van der Waals surface area contributed by atoms with E-state index in [0.717, 1.165) is 0 Å². The van der Waals surface area contributed by atoms with Crippen molar-refractivity contribution >= 4 is 17.4 Å². The van der Waals surface area contributed by atoms with Crippen molar-refractivity contribution in [2.45, 2.75) is 42.7 Å². The normalized spacial score (nSPS) is 24.6. The monoisotopic (exact) mass is 251 g/mol. The highest BCUT2D eigenvalue weighted by atomic mass is 32.2. The van der Waals surface area contributed by atoms with E-state index in [4.69, 9.17) is 4.74 Å². The van der Waals surface area contributed by atoms with Crippen LogP contribution in [-0.2, 0) is 4.74 Å². The molecule has 17 heavy (non-hydrogen) atoms. The van der Waals surface area contributed by atoms with Crippen LogP contribution < -0.4 is 5.32 Å². The molecule has 0 saturated heterocycles. The molecule has 94 valence electrons. The zero-order valence-electron chi connectivity index (χ0n) is 10.6. The Hall–Kier alpha value is -0.670. The molecular weight excluding hydrogens is 230 g/mol. The third-order valence-corrected chi connectivity index (χ3v) is 4.21. The zero-order chi connectivity index (χ0) is 12.1. The maximum Gasteiger partial charge on any atom is 0.0572 e. The molecule has 1 aliphatic carbocycles. The molecule has 2 rings (SSSR count). The second-order valence-electron chi connectivity index (χ2n) is 4.58. The lowest BCUT2D eigenvalue weighted by Crippen LogP contribution is -2.29. The lowest BCUT2D eigenvalue weighted by atomic mass is 9.93. The third kappa shape index (κ3) is 3.65. The van der Waals surface area contributed by atoms with E-state index in [1.807, 2.05) is 7.11 Å². The van der Waals surface area contributed by atoms with Crippen LogP contribution in [0.5, 0.6) is 0 Å². The molecule has 1 saturated carbocycles. The summed E-state index contributed by atoms with van der Waals surface area (Å²) in [5.41, 5.74) is 1.24. The van der Waals surface area contributed by atoms with Crippen LogP contribution in [0, 0.1) is 0 Å². The molecule has 1 aromatic carbocycles. The first-order valence-electron chi connectivity index (χ1n) is 6.25. The standard InChI is InChI=1S/C14H21NOS/c1-16-13-7-3-11(4-8-13)15-12-5-9-14(17-2)10-6-12/h5-6,9-11,13,15H,3-4,7-8H2,1-2H3. The van der Waals surface area contributed by atoms with Gasteiger partial charge in [-0.1, -0.05) is 0 Å². The molecule has 3 heteroatoms. The average molecular weight is 251 g/mol. The molecule has 0 bridgehead atoms. The largest absolute Gasteiger partial charge is 0.382 e. The highest BCUT2D eigenvalue weighted by Gasteiger charge is 2.20. The van der Waals surface area contributed by atoms with Crippen molar-refractivity contribution in [2.24, 2.45) is 0 Å². The summed E-state index contributed by atoms with van der Waals surface area (Å²) in [5.74, 6) is 0. The van der Waals surface area contributed by atoms with E-state index in [1.165, 1.54) is 36.3 Å². The summed E-state index contributed by atoms with van der Waals surface area (Å²) in [6.07, 6.45) is 7.36. The lowest BCUT2D eigenvalue weighted by molar-refractivity contribution is 0.0682. The van der Waals surface area contributed by atoms with E-state index >= 15 is 0 Å². The first kappa shape index (κ1) is 12.8. The maximum absolute atomic E-state index is 5.39. The summed E-state index contributed by atoms with van der Waals surface area (Å²) in [7, 11) is 1.82. The minimum absolute atomic E-state index is 0.479. The summed E-state index contributed by atoms with van der Waals surface area (Å²) < 4.78 is 5.39. The van der Waals surface area contributed by atoms with Crippen molar-refractivity contribution in [3.8, 4) is 0 Å². The number of thioether (sulfide) groups is 1. The van der Waals surface area contributed by atoms with Gasteiger partial charge in [0.15, 0.2) is 0 Å². The van der Waals surface area contributed by atoms with Crippen LogP contribution in [0.3, 0.4) is 0 Å². The molecule has 0 unspecified atom stereocenters. The second kappa shape index (κ2) is 6.31. The van der Waals surface area contributed by atoms with E-state index in [0.29, 0.717) is 12.1 Å². The smallest absolute Gasteiger partial charge is 0.0572 e. The Kier molecular flexibility index (Phi) is 4.75.